The second-order valence-electron chi connectivity index (χ2n) is 4.42. The van der Waals surface area contributed by atoms with E-state index >= 15 is 0 Å². The molecular formula is C15H18ClN3. The van der Waals surface area contributed by atoms with Crippen LogP contribution in [0.4, 0.5) is 5.82 Å². The Balaban J connectivity index is 2.30. The van der Waals surface area contributed by atoms with Crippen LogP contribution in [0.15, 0.2) is 36.4 Å². The minimum atomic E-state index is 0.412. The van der Waals surface area contributed by atoms with E-state index < -0.39 is 0 Å². The Bertz CT molecular complexity index is 524. The molecule has 1 aromatic carbocycles. The van der Waals surface area contributed by atoms with E-state index in [4.69, 9.17) is 11.6 Å². The molecule has 19 heavy (non-hydrogen) atoms. The van der Waals surface area contributed by atoms with Crippen molar-refractivity contribution < 1.29 is 0 Å². The fourth-order valence-electron chi connectivity index (χ4n) is 1.91. The van der Waals surface area contributed by atoms with E-state index in [0.717, 1.165) is 24.2 Å². The van der Waals surface area contributed by atoms with E-state index in [1.165, 1.54) is 0 Å². The van der Waals surface area contributed by atoms with Crippen molar-refractivity contribution in [3.8, 4) is 11.4 Å². The number of aromatic nitrogens is 2. The molecule has 0 bridgehead atoms. The van der Waals surface area contributed by atoms with Crippen molar-refractivity contribution in [2.24, 2.45) is 0 Å². The summed E-state index contributed by atoms with van der Waals surface area (Å²) in [6.45, 7) is 4.31. The molecular weight excluding hydrogens is 258 g/mol. The van der Waals surface area contributed by atoms with Crippen molar-refractivity contribution in [2.45, 2.75) is 32.7 Å². The van der Waals surface area contributed by atoms with E-state index in [9.17, 15) is 0 Å². The lowest BCUT2D eigenvalue weighted by Gasteiger charge is -2.16. The number of halogens is 1. The molecule has 0 aliphatic carbocycles. The molecule has 4 heteroatoms. The molecule has 0 unspecified atom stereocenters. The van der Waals surface area contributed by atoms with E-state index in [-0.39, 0.29) is 0 Å². The highest BCUT2D eigenvalue weighted by Gasteiger charge is 2.08. The molecule has 1 heterocycles. The van der Waals surface area contributed by atoms with Gasteiger partial charge in [0.2, 0.25) is 0 Å². The number of nitrogens with zero attached hydrogens (tertiary/aromatic N) is 2. The number of anilines is 1. The monoisotopic (exact) mass is 275 g/mol. The summed E-state index contributed by atoms with van der Waals surface area (Å²) in [5, 5.41) is 3.85. The van der Waals surface area contributed by atoms with E-state index in [1.54, 1.807) is 6.07 Å². The Kier molecular flexibility index (Phi) is 4.74. The third-order valence-electron chi connectivity index (χ3n) is 3.06. The second-order valence-corrected chi connectivity index (χ2v) is 4.81. The number of rotatable bonds is 5. The lowest BCUT2D eigenvalue weighted by molar-refractivity contribution is 0.668. The van der Waals surface area contributed by atoms with Crippen molar-refractivity contribution in [3.63, 3.8) is 0 Å². The molecule has 0 spiro atoms. The van der Waals surface area contributed by atoms with Crippen molar-refractivity contribution in [1.82, 2.24) is 9.97 Å². The van der Waals surface area contributed by atoms with Gasteiger partial charge in [-0.3, -0.25) is 0 Å². The SMILES string of the molecule is CCC(CC)Nc1cc(Cl)nc(-c2ccccc2)n1. The van der Waals surface area contributed by atoms with Gasteiger partial charge in [0.15, 0.2) is 5.82 Å². The van der Waals surface area contributed by atoms with E-state index in [1.807, 2.05) is 30.3 Å². The predicted molar refractivity (Wildman–Crippen MR) is 80.5 cm³/mol. The minimum absolute atomic E-state index is 0.412. The lowest BCUT2D eigenvalue weighted by atomic mass is 10.2. The third-order valence-corrected chi connectivity index (χ3v) is 3.26. The maximum absolute atomic E-state index is 6.08. The number of nitrogens with one attached hydrogen (secondary N) is 1. The average Bonchev–Trinajstić information content (AvgIpc) is 2.45. The average molecular weight is 276 g/mol. The Morgan fingerprint density at radius 2 is 1.79 bits per heavy atom. The third kappa shape index (κ3) is 3.67. The van der Waals surface area contributed by atoms with Crippen LogP contribution in [0.2, 0.25) is 5.15 Å². The summed E-state index contributed by atoms with van der Waals surface area (Å²) >= 11 is 6.08. The first-order valence-electron chi connectivity index (χ1n) is 6.59. The molecule has 2 rings (SSSR count). The van der Waals surface area contributed by atoms with Crippen LogP contribution in [-0.2, 0) is 0 Å². The Morgan fingerprint density at radius 3 is 2.42 bits per heavy atom. The van der Waals surface area contributed by atoms with Crippen LogP contribution in [0, 0.1) is 0 Å². The highest BCUT2D eigenvalue weighted by Crippen LogP contribution is 2.21. The van der Waals surface area contributed by atoms with Crippen molar-refractivity contribution in [1.29, 1.82) is 0 Å². The Hall–Kier alpha value is -1.61. The van der Waals surface area contributed by atoms with Gasteiger partial charge in [-0.15, -0.1) is 0 Å². The zero-order valence-electron chi connectivity index (χ0n) is 11.2. The number of hydrogen-bond donors (Lipinski definition) is 1. The number of benzene rings is 1. The highest BCUT2D eigenvalue weighted by atomic mass is 35.5. The molecule has 1 aromatic heterocycles. The fraction of sp³-hybridized carbons (Fsp3) is 0.333. The molecule has 0 saturated heterocycles. The lowest BCUT2D eigenvalue weighted by Crippen LogP contribution is -2.18. The maximum atomic E-state index is 6.08. The van der Waals surface area contributed by atoms with Crippen molar-refractivity contribution >= 4 is 17.4 Å². The summed E-state index contributed by atoms with van der Waals surface area (Å²) in [6, 6.07) is 12.0. The van der Waals surface area contributed by atoms with Gasteiger partial charge in [0.25, 0.3) is 0 Å². The first kappa shape index (κ1) is 13.8. The minimum Gasteiger partial charge on any atom is -0.367 e. The zero-order chi connectivity index (χ0) is 13.7. The van der Waals surface area contributed by atoms with Gasteiger partial charge >= 0.3 is 0 Å². The van der Waals surface area contributed by atoms with Crippen LogP contribution in [0.25, 0.3) is 11.4 Å². The van der Waals surface area contributed by atoms with Gasteiger partial charge < -0.3 is 5.32 Å². The van der Waals surface area contributed by atoms with Crippen LogP contribution < -0.4 is 5.32 Å². The molecule has 0 radical (unpaired) electrons. The standard InChI is InChI=1S/C15H18ClN3/c1-3-12(4-2)17-14-10-13(16)18-15(19-14)11-8-6-5-7-9-11/h5-10,12H,3-4H2,1-2H3,(H,17,18,19). The molecule has 2 aromatic rings. The van der Waals surface area contributed by atoms with E-state index in [2.05, 4.69) is 29.1 Å². The van der Waals surface area contributed by atoms with Crippen LogP contribution in [0.3, 0.4) is 0 Å². The molecule has 0 amide bonds. The molecule has 0 atom stereocenters. The molecule has 100 valence electrons. The summed E-state index contributed by atoms with van der Waals surface area (Å²) < 4.78 is 0. The van der Waals surface area contributed by atoms with Gasteiger partial charge in [-0.05, 0) is 12.8 Å². The van der Waals surface area contributed by atoms with Crippen LogP contribution >= 0.6 is 11.6 Å². The molecule has 0 aliphatic rings. The Labute approximate surface area is 119 Å². The first-order valence-corrected chi connectivity index (χ1v) is 6.97. The quantitative estimate of drug-likeness (QED) is 0.822. The molecule has 3 nitrogen and oxygen atoms in total. The van der Waals surface area contributed by atoms with E-state index in [0.29, 0.717) is 17.0 Å². The summed E-state index contributed by atoms with van der Waals surface area (Å²) in [5.41, 5.74) is 0.970. The summed E-state index contributed by atoms with van der Waals surface area (Å²) in [6.07, 6.45) is 2.11. The summed E-state index contributed by atoms with van der Waals surface area (Å²) in [5.74, 6) is 1.44. The summed E-state index contributed by atoms with van der Waals surface area (Å²) in [7, 11) is 0. The summed E-state index contributed by atoms with van der Waals surface area (Å²) in [4.78, 5) is 8.81. The van der Waals surface area contributed by atoms with Gasteiger partial charge in [0, 0.05) is 17.7 Å². The van der Waals surface area contributed by atoms with Gasteiger partial charge in [-0.2, -0.15) is 0 Å². The van der Waals surface area contributed by atoms with Crippen molar-refractivity contribution in [2.75, 3.05) is 5.32 Å². The fourth-order valence-corrected chi connectivity index (χ4v) is 2.09. The molecule has 0 fully saturated rings. The molecule has 0 aliphatic heterocycles. The smallest absolute Gasteiger partial charge is 0.163 e. The van der Waals surface area contributed by atoms with Crippen molar-refractivity contribution in [3.05, 3.63) is 41.6 Å². The maximum Gasteiger partial charge on any atom is 0.163 e. The first-order chi connectivity index (χ1) is 9.22. The molecule has 0 saturated carbocycles. The zero-order valence-corrected chi connectivity index (χ0v) is 12.0. The Morgan fingerprint density at radius 1 is 1.11 bits per heavy atom. The highest BCUT2D eigenvalue weighted by molar-refractivity contribution is 6.29. The van der Waals surface area contributed by atoms with Crippen LogP contribution in [0.5, 0.6) is 0 Å². The largest absolute Gasteiger partial charge is 0.367 e. The second kappa shape index (κ2) is 6.53. The molecule has 1 N–H and O–H groups in total. The van der Waals surface area contributed by atoms with Crippen LogP contribution in [-0.4, -0.2) is 16.0 Å². The van der Waals surface area contributed by atoms with Gasteiger partial charge in [-0.1, -0.05) is 55.8 Å². The van der Waals surface area contributed by atoms with Crippen LogP contribution in [0.1, 0.15) is 26.7 Å². The normalized spacial score (nSPS) is 10.7. The van der Waals surface area contributed by atoms with Gasteiger partial charge in [-0.25, -0.2) is 9.97 Å². The topological polar surface area (TPSA) is 37.8 Å². The predicted octanol–water partition coefficient (Wildman–Crippen LogP) is 4.40. The van der Waals surface area contributed by atoms with Gasteiger partial charge in [0.05, 0.1) is 0 Å². The number of hydrogen-bond acceptors (Lipinski definition) is 3. The van der Waals surface area contributed by atoms with Gasteiger partial charge in [0.1, 0.15) is 11.0 Å².